The number of thioether (sulfide) groups is 2. The number of ether oxygens (including phenoxy) is 4. The van der Waals surface area contributed by atoms with Crippen LogP contribution in [0.15, 0.2) is 74.7 Å². The summed E-state index contributed by atoms with van der Waals surface area (Å²) in [5.74, 6) is -0.471. The Balaban J connectivity index is 1.54. The van der Waals surface area contributed by atoms with E-state index in [1.807, 2.05) is 56.3 Å². The molecule has 0 N–H and O–H groups in total. The zero-order valence-corrected chi connectivity index (χ0v) is 26.0. The second-order valence-corrected chi connectivity index (χ2v) is 12.5. The van der Waals surface area contributed by atoms with E-state index in [1.54, 1.807) is 30.2 Å². The van der Waals surface area contributed by atoms with Crippen molar-refractivity contribution in [1.29, 1.82) is 0 Å². The van der Waals surface area contributed by atoms with Gasteiger partial charge in [0.1, 0.15) is 21.3 Å². The van der Waals surface area contributed by atoms with Crippen LogP contribution < -0.4 is 14.4 Å². The van der Waals surface area contributed by atoms with E-state index < -0.39 is 17.5 Å². The van der Waals surface area contributed by atoms with Gasteiger partial charge in [-0.15, -0.1) is 0 Å². The van der Waals surface area contributed by atoms with Gasteiger partial charge in [-0.25, -0.2) is 9.59 Å². The smallest absolute Gasteiger partial charge is 0.346 e. The molecule has 0 radical (unpaired) electrons. The van der Waals surface area contributed by atoms with Crippen molar-refractivity contribution < 1.29 is 33.3 Å². The molecule has 2 heterocycles. The van der Waals surface area contributed by atoms with Gasteiger partial charge in [0.15, 0.2) is 6.61 Å². The highest BCUT2D eigenvalue weighted by Crippen LogP contribution is 2.56. The highest BCUT2D eigenvalue weighted by Gasteiger charge is 2.46. The number of fused-ring (bicyclic) bond motifs is 2. The van der Waals surface area contributed by atoms with Crippen LogP contribution in [0.25, 0.3) is 16.3 Å². The number of nitrogens with zero attached hydrogens (tertiary/aromatic N) is 1. The Hall–Kier alpha value is -3.80. The molecule has 2 aliphatic heterocycles. The van der Waals surface area contributed by atoms with Gasteiger partial charge in [-0.2, -0.15) is 0 Å². The van der Waals surface area contributed by atoms with Gasteiger partial charge in [0, 0.05) is 11.1 Å². The van der Waals surface area contributed by atoms with Crippen LogP contribution >= 0.6 is 35.7 Å². The standard InChI is InChI=1S/C31H27NO7S3/c1-31(2)27(40)24(30-41-25(28(34)37-4)26(42-30)29(35)38-5)21-15-19(36-3)12-13-22(21)32(31)23(33)16-39-20-11-10-17-8-6-7-9-18(17)14-20/h6-15H,16H2,1-5H3. The molecule has 0 bridgehead atoms. The number of carbonyl (C=O) groups excluding carboxylic acids is 3. The van der Waals surface area contributed by atoms with Gasteiger partial charge < -0.3 is 18.9 Å². The van der Waals surface area contributed by atoms with Gasteiger partial charge >= 0.3 is 11.9 Å². The van der Waals surface area contributed by atoms with E-state index in [0.717, 1.165) is 34.3 Å². The van der Waals surface area contributed by atoms with Crippen LogP contribution in [0, 0.1) is 0 Å². The van der Waals surface area contributed by atoms with Gasteiger partial charge in [0.25, 0.3) is 5.91 Å². The molecular formula is C31H27NO7S3. The number of hydrogen-bond acceptors (Lipinski definition) is 10. The van der Waals surface area contributed by atoms with E-state index in [2.05, 4.69) is 0 Å². The van der Waals surface area contributed by atoms with Crippen LogP contribution in [0.5, 0.6) is 11.5 Å². The number of rotatable bonds is 6. The predicted molar refractivity (Wildman–Crippen MR) is 170 cm³/mol. The molecule has 8 nitrogen and oxygen atoms in total. The Bertz CT molecular complexity index is 1680. The van der Waals surface area contributed by atoms with Gasteiger partial charge in [0.2, 0.25) is 0 Å². The predicted octanol–water partition coefficient (Wildman–Crippen LogP) is 6.13. The van der Waals surface area contributed by atoms with E-state index in [9.17, 15) is 14.4 Å². The molecule has 0 aliphatic carbocycles. The molecule has 216 valence electrons. The zero-order valence-electron chi connectivity index (χ0n) is 23.5. The number of amides is 1. The van der Waals surface area contributed by atoms with Crippen LogP contribution in [-0.4, -0.2) is 56.2 Å². The van der Waals surface area contributed by atoms with Crippen molar-refractivity contribution in [3.05, 3.63) is 80.3 Å². The molecule has 5 rings (SSSR count). The summed E-state index contributed by atoms with van der Waals surface area (Å²) in [7, 11) is 4.04. The molecule has 0 saturated carbocycles. The summed E-state index contributed by atoms with van der Waals surface area (Å²) in [5.41, 5.74) is 0.877. The third-order valence-electron chi connectivity index (χ3n) is 6.93. The Morgan fingerprint density at radius 3 is 2.07 bits per heavy atom. The largest absolute Gasteiger partial charge is 0.497 e. The number of benzene rings is 3. The van der Waals surface area contributed by atoms with E-state index >= 15 is 0 Å². The summed E-state index contributed by atoms with van der Waals surface area (Å²) < 4.78 is 21.9. The SMILES string of the molecule is COC(=O)C1=C(C(=O)OC)SC(=C2C(=S)C(C)(C)N(C(=O)COc3ccc4ccccc4c3)c3ccc(OC)cc32)S1. The molecule has 11 heteroatoms. The van der Waals surface area contributed by atoms with Crippen LogP contribution in [-0.2, 0) is 23.9 Å². The van der Waals surface area contributed by atoms with Crippen molar-refractivity contribution in [3.8, 4) is 11.5 Å². The normalized spacial score (nSPS) is 15.9. The lowest BCUT2D eigenvalue weighted by atomic mass is 9.83. The summed E-state index contributed by atoms with van der Waals surface area (Å²) >= 11 is 8.22. The first kappa shape index (κ1) is 29.7. The van der Waals surface area contributed by atoms with E-state index in [4.69, 9.17) is 31.2 Å². The van der Waals surface area contributed by atoms with Crippen molar-refractivity contribution in [3.63, 3.8) is 0 Å². The van der Waals surface area contributed by atoms with Crippen LogP contribution in [0.2, 0.25) is 0 Å². The molecule has 0 unspecified atom stereocenters. The highest BCUT2D eigenvalue weighted by atomic mass is 32.2. The van der Waals surface area contributed by atoms with Gasteiger partial charge in [-0.3, -0.25) is 9.69 Å². The highest BCUT2D eigenvalue weighted by molar-refractivity contribution is 8.29. The number of hydrogen-bond donors (Lipinski definition) is 0. The Morgan fingerprint density at radius 1 is 0.833 bits per heavy atom. The second-order valence-electron chi connectivity index (χ2n) is 9.81. The molecular weight excluding hydrogens is 595 g/mol. The van der Waals surface area contributed by atoms with E-state index in [1.165, 1.54) is 14.2 Å². The average Bonchev–Trinajstić information content (AvgIpc) is 3.44. The lowest BCUT2D eigenvalue weighted by molar-refractivity contribution is -0.138. The number of anilines is 1. The monoisotopic (exact) mass is 621 g/mol. The maximum atomic E-state index is 13.9. The lowest BCUT2D eigenvalue weighted by Gasteiger charge is -2.45. The molecule has 1 amide bonds. The quantitative estimate of drug-likeness (QED) is 0.182. The summed E-state index contributed by atoms with van der Waals surface area (Å²) in [6.07, 6.45) is 0. The maximum absolute atomic E-state index is 13.9. The van der Waals surface area contributed by atoms with Gasteiger partial charge in [-0.05, 0) is 55.0 Å². The van der Waals surface area contributed by atoms with Gasteiger partial charge in [0.05, 0.1) is 41.7 Å². The summed E-state index contributed by atoms with van der Waals surface area (Å²) in [6.45, 7) is 3.50. The molecule has 0 atom stereocenters. The summed E-state index contributed by atoms with van der Waals surface area (Å²) in [5, 5.41) is 2.08. The molecule has 42 heavy (non-hydrogen) atoms. The summed E-state index contributed by atoms with van der Waals surface area (Å²) in [6, 6.07) is 19.0. The van der Waals surface area contributed by atoms with Crippen LogP contribution in [0.3, 0.4) is 0 Å². The van der Waals surface area contributed by atoms with Crippen LogP contribution in [0.1, 0.15) is 19.4 Å². The first-order valence-electron chi connectivity index (χ1n) is 12.8. The fraction of sp³-hybridized carbons (Fsp3) is 0.226. The molecule has 3 aromatic carbocycles. The summed E-state index contributed by atoms with van der Waals surface area (Å²) in [4.78, 5) is 41.3. The minimum Gasteiger partial charge on any atom is -0.497 e. The first-order valence-corrected chi connectivity index (χ1v) is 14.8. The number of carbonyl (C=O) groups is 3. The van der Waals surface area contributed by atoms with Crippen molar-refractivity contribution in [1.82, 2.24) is 0 Å². The van der Waals surface area contributed by atoms with Gasteiger partial charge in [-0.1, -0.05) is 66.1 Å². The second kappa shape index (κ2) is 11.8. The molecule has 0 fully saturated rings. The minimum absolute atomic E-state index is 0.115. The number of thiocarbonyl (C=S) groups is 1. The zero-order chi connectivity index (χ0) is 30.2. The maximum Gasteiger partial charge on any atom is 0.346 e. The third-order valence-corrected chi connectivity index (χ3v) is 10.2. The fourth-order valence-corrected chi connectivity index (χ4v) is 7.87. The van der Waals surface area contributed by atoms with Crippen molar-refractivity contribution in [2.75, 3.05) is 32.8 Å². The minimum atomic E-state index is -0.969. The average molecular weight is 622 g/mol. The number of methoxy groups -OCH3 is 3. The Kier molecular flexibility index (Phi) is 8.36. The Labute approximate surface area is 257 Å². The number of esters is 2. The molecule has 2 aliphatic rings. The van der Waals surface area contributed by atoms with E-state index in [0.29, 0.717) is 37.4 Å². The first-order chi connectivity index (χ1) is 20.1. The molecule has 3 aromatic rings. The third kappa shape index (κ3) is 5.28. The van der Waals surface area contributed by atoms with Crippen molar-refractivity contribution >= 4 is 80.5 Å². The molecule has 0 spiro atoms. The van der Waals surface area contributed by atoms with Crippen molar-refractivity contribution in [2.45, 2.75) is 19.4 Å². The topological polar surface area (TPSA) is 91.4 Å². The Morgan fingerprint density at radius 2 is 1.45 bits per heavy atom. The van der Waals surface area contributed by atoms with Crippen LogP contribution in [0.4, 0.5) is 5.69 Å². The van der Waals surface area contributed by atoms with Crippen molar-refractivity contribution in [2.24, 2.45) is 0 Å². The lowest BCUT2D eigenvalue weighted by Crippen LogP contribution is -2.57. The fourth-order valence-electron chi connectivity index (χ4n) is 4.84. The molecule has 0 saturated heterocycles. The van der Waals surface area contributed by atoms with E-state index in [-0.39, 0.29) is 22.3 Å². The molecule has 0 aromatic heterocycles.